The molecule has 0 aliphatic heterocycles. The quantitative estimate of drug-likeness (QED) is 0.873. The number of nitrogens with zero attached hydrogens (tertiary/aromatic N) is 1. The van der Waals surface area contributed by atoms with Crippen molar-refractivity contribution in [3.05, 3.63) is 45.7 Å². The van der Waals surface area contributed by atoms with Crippen LogP contribution < -0.4 is 5.32 Å². The summed E-state index contributed by atoms with van der Waals surface area (Å²) in [5.74, 6) is 0. The van der Waals surface area contributed by atoms with Crippen LogP contribution in [0.5, 0.6) is 0 Å². The zero-order chi connectivity index (χ0) is 12.4. The fourth-order valence-electron chi connectivity index (χ4n) is 1.85. The second-order valence-electron chi connectivity index (χ2n) is 4.23. The predicted molar refractivity (Wildman–Crippen MR) is 71.6 cm³/mol. The maximum atomic E-state index is 5.93. The Hall–Kier alpha value is -1.48. The van der Waals surface area contributed by atoms with Crippen molar-refractivity contribution < 1.29 is 0 Å². The van der Waals surface area contributed by atoms with E-state index >= 15 is 0 Å². The van der Waals surface area contributed by atoms with Gasteiger partial charge in [-0.15, -0.1) is 0 Å². The van der Waals surface area contributed by atoms with Crippen molar-refractivity contribution in [3.63, 3.8) is 0 Å². The maximum absolute atomic E-state index is 5.93. The molecule has 0 spiro atoms. The third-order valence-corrected chi connectivity index (χ3v) is 3.12. The van der Waals surface area contributed by atoms with Gasteiger partial charge in [0.15, 0.2) is 0 Å². The summed E-state index contributed by atoms with van der Waals surface area (Å²) in [4.78, 5) is 0. The fraction of sp³-hybridized carbons (Fsp3) is 0.308. The van der Waals surface area contributed by atoms with E-state index in [0.717, 1.165) is 28.6 Å². The maximum Gasteiger partial charge on any atom is 0.0825 e. The Labute approximate surface area is 106 Å². The standard InChI is InChI=1S/C13H16ClN3/c1-8-6-12(14)5-4-11(8)7-15-13-9(2)16-17-10(13)3/h4-6,15H,7H2,1-3H3,(H,16,17). The molecule has 1 aromatic heterocycles. The zero-order valence-corrected chi connectivity index (χ0v) is 11.0. The van der Waals surface area contributed by atoms with E-state index in [1.807, 2.05) is 26.0 Å². The molecule has 0 saturated heterocycles. The number of aryl methyl sites for hydroxylation is 3. The summed E-state index contributed by atoms with van der Waals surface area (Å²) >= 11 is 5.93. The zero-order valence-electron chi connectivity index (χ0n) is 10.3. The molecule has 0 unspecified atom stereocenters. The normalized spacial score (nSPS) is 10.6. The molecule has 90 valence electrons. The van der Waals surface area contributed by atoms with E-state index in [9.17, 15) is 0 Å². The van der Waals surface area contributed by atoms with Crippen LogP contribution in [-0.2, 0) is 6.54 Å². The summed E-state index contributed by atoms with van der Waals surface area (Å²) in [5, 5.41) is 11.3. The van der Waals surface area contributed by atoms with Crippen LogP contribution in [0.15, 0.2) is 18.2 Å². The molecule has 2 rings (SSSR count). The molecule has 4 heteroatoms. The van der Waals surface area contributed by atoms with Crippen LogP contribution in [0, 0.1) is 20.8 Å². The molecule has 0 amide bonds. The number of anilines is 1. The van der Waals surface area contributed by atoms with Crippen molar-refractivity contribution in [3.8, 4) is 0 Å². The monoisotopic (exact) mass is 249 g/mol. The second-order valence-corrected chi connectivity index (χ2v) is 4.67. The third-order valence-electron chi connectivity index (χ3n) is 2.89. The van der Waals surface area contributed by atoms with Gasteiger partial charge < -0.3 is 5.32 Å². The number of aromatic nitrogens is 2. The lowest BCUT2D eigenvalue weighted by atomic mass is 10.1. The van der Waals surface area contributed by atoms with Gasteiger partial charge in [0.25, 0.3) is 0 Å². The highest BCUT2D eigenvalue weighted by molar-refractivity contribution is 6.30. The highest BCUT2D eigenvalue weighted by Gasteiger charge is 2.06. The number of hydrogen-bond acceptors (Lipinski definition) is 2. The van der Waals surface area contributed by atoms with Crippen LogP contribution in [-0.4, -0.2) is 10.2 Å². The second kappa shape index (κ2) is 4.80. The van der Waals surface area contributed by atoms with Gasteiger partial charge in [0.05, 0.1) is 17.1 Å². The Bertz CT molecular complexity index is 512. The smallest absolute Gasteiger partial charge is 0.0825 e. The SMILES string of the molecule is Cc1cc(Cl)ccc1CNc1c(C)n[nH]c1C. The van der Waals surface area contributed by atoms with Crippen molar-refractivity contribution in [1.29, 1.82) is 0 Å². The van der Waals surface area contributed by atoms with Crippen molar-refractivity contribution in [2.45, 2.75) is 27.3 Å². The Kier molecular flexibility index (Phi) is 3.38. The average molecular weight is 250 g/mol. The van der Waals surface area contributed by atoms with Crippen LogP contribution in [0.1, 0.15) is 22.5 Å². The lowest BCUT2D eigenvalue weighted by Crippen LogP contribution is -2.02. The van der Waals surface area contributed by atoms with E-state index in [0.29, 0.717) is 0 Å². The van der Waals surface area contributed by atoms with E-state index in [1.165, 1.54) is 11.1 Å². The van der Waals surface area contributed by atoms with Crippen LogP contribution >= 0.6 is 11.6 Å². The van der Waals surface area contributed by atoms with Gasteiger partial charge in [-0.1, -0.05) is 17.7 Å². The van der Waals surface area contributed by atoms with Crippen LogP contribution in [0.4, 0.5) is 5.69 Å². The lowest BCUT2D eigenvalue weighted by molar-refractivity contribution is 1.02. The molecular formula is C13H16ClN3. The molecule has 1 aromatic carbocycles. The van der Waals surface area contributed by atoms with Crippen molar-refractivity contribution in [2.75, 3.05) is 5.32 Å². The summed E-state index contributed by atoms with van der Waals surface area (Å²) in [7, 11) is 0. The molecule has 2 N–H and O–H groups in total. The Morgan fingerprint density at radius 1 is 1.29 bits per heavy atom. The van der Waals surface area contributed by atoms with E-state index < -0.39 is 0 Å². The molecule has 1 heterocycles. The first-order valence-electron chi connectivity index (χ1n) is 5.58. The van der Waals surface area contributed by atoms with E-state index in [-0.39, 0.29) is 0 Å². The minimum Gasteiger partial charge on any atom is -0.378 e. The molecule has 0 aliphatic rings. The van der Waals surface area contributed by atoms with Gasteiger partial charge in [-0.3, -0.25) is 5.10 Å². The van der Waals surface area contributed by atoms with Gasteiger partial charge in [-0.05, 0) is 44.0 Å². The Balaban J connectivity index is 2.13. The van der Waals surface area contributed by atoms with Gasteiger partial charge in [-0.2, -0.15) is 5.10 Å². The summed E-state index contributed by atoms with van der Waals surface area (Å²) in [5.41, 5.74) is 5.58. The van der Waals surface area contributed by atoms with Gasteiger partial charge >= 0.3 is 0 Å². The van der Waals surface area contributed by atoms with Crippen LogP contribution in [0.25, 0.3) is 0 Å². The first kappa shape index (κ1) is 12.0. The predicted octanol–water partition coefficient (Wildman–Crippen LogP) is 3.60. The van der Waals surface area contributed by atoms with Crippen molar-refractivity contribution >= 4 is 17.3 Å². The third kappa shape index (κ3) is 2.61. The highest BCUT2D eigenvalue weighted by atomic mass is 35.5. The van der Waals surface area contributed by atoms with Gasteiger partial charge in [-0.25, -0.2) is 0 Å². The number of hydrogen-bond donors (Lipinski definition) is 2. The Morgan fingerprint density at radius 2 is 2.06 bits per heavy atom. The summed E-state index contributed by atoms with van der Waals surface area (Å²) in [6, 6.07) is 5.95. The summed E-state index contributed by atoms with van der Waals surface area (Å²) in [6.45, 7) is 6.85. The van der Waals surface area contributed by atoms with E-state index in [1.54, 1.807) is 0 Å². The topological polar surface area (TPSA) is 40.7 Å². The molecule has 0 radical (unpaired) electrons. The van der Waals surface area contributed by atoms with Crippen LogP contribution in [0.2, 0.25) is 5.02 Å². The first-order chi connectivity index (χ1) is 8.08. The number of H-pyrrole nitrogens is 1. The van der Waals surface area contributed by atoms with Gasteiger partial charge in [0.1, 0.15) is 0 Å². The van der Waals surface area contributed by atoms with Crippen molar-refractivity contribution in [2.24, 2.45) is 0 Å². The first-order valence-corrected chi connectivity index (χ1v) is 5.96. The van der Waals surface area contributed by atoms with Gasteiger partial charge in [0.2, 0.25) is 0 Å². The number of benzene rings is 1. The largest absolute Gasteiger partial charge is 0.378 e. The van der Waals surface area contributed by atoms with E-state index in [2.05, 4.69) is 28.5 Å². The number of nitrogens with one attached hydrogen (secondary N) is 2. The molecule has 0 aliphatic carbocycles. The van der Waals surface area contributed by atoms with Crippen molar-refractivity contribution in [1.82, 2.24) is 10.2 Å². The molecule has 2 aromatic rings. The minimum absolute atomic E-state index is 0.780. The molecule has 17 heavy (non-hydrogen) atoms. The average Bonchev–Trinajstić information content (AvgIpc) is 2.58. The molecule has 3 nitrogen and oxygen atoms in total. The molecule has 0 atom stereocenters. The highest BCUT2D eigenvalue weighted by Crippen LogP contribution is 2.19. The molecule has 0 saturated carbocycles. The van der Waals surface area contributed by atoms with E-state index in [4.69, 9.17) is 11.6 Å². The Morgan fingerprint density at radius 3 is 2.65 bits per heavy atom. The van der Waals surface area contributed by atoms with Gasteiger partial charge in [0, 0.05) is 11.6 Å². The number of halogens is 1. The lowest BCUT2D eigenvalue weighted by Gasteiger charge is -2.09. The number of rotatable bonds is 3. The molecule has 0 fully saturated rings. The molecule has 0 bridgehead atoms. The molecular weight excluding hydrogens is 234 g/mol. The minimum atomic E-state index is 0.780. The summed E-state index contributed by atoms with van der Waals surface area (Å²) < 4.78 is 0. The number of aromatic amines is 1. The fourth-order valence-corrected chi connectivity index (χ4v) is 2.08. The van der Waals surface area contributed by atoms with Crippen LogP contribution in [0.3, 0.4) is 0 Å². The summed E-state index contributed by atoms with van der Waals surface area (Å²) in [6.07, 6.45) is 0.